The van der Waals surface area contributed by atoms with Gasteiger partial charge in [-0.3, -0.25) is 14.5 Å². The number of pyridine rings is 1. The Morgan fingerprint density at radius 2 is 2.03 bits per heavy atom. The molecule has 2 aliphatic rings. The van der Waals surface area contributed by atoms with E-state index in [2.05, 4.69) is 32.2 Å². The third-order valence-electron chi connectivity index (χ3n) is 6.59. The minimum absolute atomic E-state index is 0.162. The number of aromatic nitrogens is 3. The molecule has 1 atom stereocenters. The van der Waals surface area contributed by atoms with E-state index in [0.717, 1.165) is 0 Å². The van der Waals surface area contributed by atoms with Crippen molar-refractivity contribution in [2.75, 3.05) is 23.3 Å². The third kappa shape index (κ3) is 4.44. The van der Waals surface area contributed by atoms with E-state index in [4.69, 9.17) is 4.74 Å². The number of hydrogen-bond acceptors (Lipinski definition) is 8. The molecule has 0 bridgehead atoms. The Morgan fingerprint density at radius 1 is 1.21 bits per heavy atom. The zero-order valence-corrected chi connectivity index (χ0v) is 21.7. The lowest BCUT2D eigenvalue weighted by molar-refractivity contribution is -0.125. The normalized spacial score (nSPS) is 16.2. The molecule has 12 heteroatoms. The SMILES string of the molecule is C=CC(=O)N1CC[C@@H](NC(=O)c2sc3nccc4c3c2NC(=O)N4c2cnc(Oc3ccccc3)nc2C)C1. The number of benzene rings is 1. The van der Waals surface area contributed by atoms with E-state index in [1.165, 1.54) is 28.5 Å². The number of amides is 4. The molecule has 0 unspecified atom stereocenters. The molecule has 0 spiro atoms. The van der Waals surface area contributed by atoms with Gasteiger partial charge < -0.3 is 20.3 Å². The van der Waals surface area contributed by atoms with Crippen molar-refractivity contribution in [3.05, 3.63) is 72.0 Å². The maximum atomic E-state index is 13.4. The van der Waals surface area contributed by atoms with Gasteiger partial charge in [-0.15, -0.1) is 11.3 Å². The van der Waals surface area contributed by atoms with E-state index >= 15 is 0 Å². The van der Waals surface area contributed by atoms with Gasteiger partial charge >= 0.3 is 12.0 Å². The Labute approximate surface area is 227 Å². The molecule has 2 aliphatic heterocycles. The van der Waals surface area contributed by atoms with Gasteiger partial charge in [0.25, 0.3) is 5.91 Å². The summed E-state index contributed by atoms with van der Waals surface area (Å²) in [4.78, 5) is 55.9. The number of aryl methyl sites for hydroxylation is 1. The fourth-order valence-corrected chi connectivity index (χ4v) is 5.77. The van der Waals surface area contributed by atoms with Crippen molar-refractivity contribution in [1.82, 2.24) is 25.2 Å². The Balaban J connectivity index is 1.29. The number of anilines is 3. The van der Waals surface area contributed by atoms with Crippen molar-refractivity contribution >= 4 is 56.5 Å². The Hall–Kier alpha value is -4.84. The molecule has 0 radical (unpaired) electrons. The van der Waals surface area contributed by atoms with Crippen LogP contribution in [0.25, 0.3) is 10.2 Å². The van der Waals surface area contributed by atoms with Crippen LogP contribution in [0.15, 0.2) is 61.4 Å². The number of likely N-dealkylation sites (tertiary alicyclic amines) is 1. The van der Waals surface area contributed by atoms with Crippen LogP contribution in [0.5, 0.6) is 11.8 Å². The Kier molecular flexibility index (Phi) is 6.15. The molecular weight excluding hydrogens is 518 g/mol. The van der Waals surface area contributed by atoms with Gasteiger partial charge in [-0.1, -0.05) is 24.8 Å². The first kappa shape index (κ1) is 24.5. The summed E-state index contributed by atoms with van der Waals surface area (Å²) < 4.78 is 5.73. The molecule has 0 saturated carbocycles. The number of rotatable bonds is 6. The first-order valence-electron chi connectivity index (χ1n) is 12.2. The second-order valence-corrected chi connectivity index (χ2v) is 10.1. The van der Waals surface area contributed by atoms with Crippen LogP contribution in [0.1, 0.15) is 21.8 Å². The summed E-state index contributed by atoms with van der Waals surface area (Å²) in [5, 5.41) is 6.53. The lowest BCUT2D eigenvalue weighted by atomic mass is 10.1. The zero-order valence-electron chi connectivity index (χ0n) is 20.9. The maximum Gasteiger partial charge on any atom is 0.331 e. The number of ether oxygens (including phenoxy) is 1. The number of urea groups is 1. The van der Waals surface area contributed by atoms with Gasteiger partial charge in [0, 0.05) is 25.3 Å². The van der Waals surface area contributed by atoms with Crippen LogP contribution in [0, 0.1) is 6.92 Å². The predicted molar refractivity (Wildman–Crippen MR) is 147 cm³/mol. The number of hydrogen-bond donors (Lipinski definition) is 2. The highest BCUT2D eigenvalue weighted by Crippen LogP contribution is 2.46. The van der Waals surface area contributed by atoms with Crippen LogP contribution >= 0.6 is 11.3 Å². The molecule has 196 valence electrons. The number of carbonyl (C=O) groups is 3. The van der Waals surface area contributed by atoms with E-state index in [1.807, 2.05) is 18.2 Å². The molecular formula is C27H23N7O4S. The monoisotopic (exact) mass is 541 g/mol. The first-order chi connectivity index (χ1) is 18.9. The van der Waals surface area contributed by atoms with Gasteiger partial charge in [0.1, 0.15) is 15.5 Å². The summed E-state index contributed by atoms with van der Waals surface area (Å²) in [5.74, 6) is 0.110. The molecule has 1 fully saturated rings. The average Bonchev–Trinajstić information content (AvgIpc) is 3.55. The van der Waals surface area contributed by atoms with Crippen molar-refractivity contribution in [3.8, 4) is 11.8 Å². The van der Waals surface area contributed by atoms with E-state index < -0.39 is 6.03 Å². The van der Waals surface area contributed by atoms with E-state index in [0.29, 0.717) is 63.1 Å². The molecule has 1 aromatic carbocycles. The van der Waals surface area contributed by atoms with Crippen LogP contribution in [0.4, 0.5) is 21.9 Å². The third-order valence-corrected chi connectivity index (χ3v) is 7.68. The molecule has 2 N–H and O–H groups in total. The topological polar surface area (TPSA) is 130 Å². The van der Waals surface area contributed by atoms with Gasteiger partial charge in [-0.05, 0) is 37.6 Å². The molecule has 6 rings (SSSR count). The second kappa shape index (κ2) is 9.80. The Morgan fingerprint density at radius 3 is 2.79 bits per heavy atom. The van der Waals surface area contributed by atoms with Crippen LogP contribution in [-0.2, 0) is 4.79 Å². The lowest BCUT2D eigenvalue weighted by Crippen LogP contribution is -2.39. The van der Waals surface area contributed by atoms with Gasteiger partial charge in [-0.25, -0.2) is 14.8 Å². The van der Waals surface area contributed by atoms with Gasteiger partial charge in [0.15, 0.2) is 0 Å². The van der Waals surface area contributed by atoms with Crippen LogP contribution in [0.3, 0.4) is 0 Å². The highest BCUT2D eigenvalue weighted by molar-refractivity contribution is 7.21. The number of nitrogens with zero attached hydrogens (tertiary/aromatic N) is 5. The minimum Gasteiger partial charge on any atom is -0.424 e. The molecule has 4 aromatic rings. The van der Waals surface area contributed by atoms with Crippen molar-refractivity contribution in [2.24, 2.45) is 0 Å². The average molecular weight is 542 g/mol. The van der Waals surface area contributed by atoms with Crippen molar-refractivity contribution in [3.63, 3.8) is 0 Å². The molecule has 1 saturated heterocycles. The van der Waals surface area contributed by atoms with Crippen molar-refractivity contribution in [1.29, 1.82) is 0 Å². The molecule has 39 heavy (non-hydrogen) atoms. The molecule has 11 nitrogen and oxygen atoms in total. The van der Waals surface area contributed by atoms with Crippen molar-refractivity contribution in [2.45, 2.75) is 19.4 Å². The van der Waals surface area contributed by atoms with E-state index in [9.17, 15) is 14.4 Å². The number of nitrogens with one attached hydrogen (secondary N) is 2. The van der Waals surface area contributed by atoms with Crippen LogP contribution in [-0.4, -0.2) is 56.8 Å². The summed E-state index contributed by atoms with van der Waals surface area (Å²) in [6, 6.07) is 10.4. The summed E-state index contributed by atoms with van der Waals surface area (Å²) >= 11 is 1.20. The van der Waals surface area contributed by atoms with Crippen molar-refractivity contribution < 1.29 is 19.1 Å². The first-order valence-corrected chi connectivity index (χ1v) is 13.1. The fraction of sp³-hybridized carbons (Fsp3) is 0.185. The quantitative estimate of drug-likeness (QED) is 0.346. The zero-order chi connectivity index (χ0) is 27.1. The maximum absolute atomic E-state index is 13.4. The van der Waals surface area contributed by atoms with E-state index in [1.54, 1.807) is 36.2 Å². The largest absolute Gasteiger partial charge is 0.424 e. The standard InChI is InChI=1S/C27H23N7O4S/c1-3-20(35)33-12-10-16(14-33)31-24(36)23-22-21-18(9-11-28-25(21)39-23)34(27(37)32-22)19-13-29-26(30-15(19)2)38-17-7-5-4-6-8-17/h3-9,11,13,16H,1,10,12,14H2,2H3,(H,31,36)(H,32,37)/t16-/m1/s1. The minimum atomic E-state index is -0.450. The summed E-state index contributed by atoms with van der Waals surface area (Å²) in [7, 11) is 0. The summed E-state index contributed by atoms with van der Waals surface area (Å²) in [6.45, 7) is 6.24. The molecule has 4 amide bonds. The summed E-state index contributed by atoms with van der Waals surface area (Å²) in [5.41, 5.74) is 1.99. The van der Waals surface area contributed by atoms with Gasteiger partial charge in [0.2, 0.25) is 5.91 Å². The number of para-hydroxylation sites is 1. The highest BCUT2D eigenvalue weighted by atomic mass is 32.1. The fourth-order valence-electron chi connectivity index (χ4n) is 4.74. The highest BCUT2D eigenvalue weighted by Gasteiger charge is 2.35. The summed E-state index contributed by atoms with van der Waals surface area (Å²) in [6.07, 6.45) is 5.04. The Bertz CT molecular complexity index is 1640. The van der Waals surface area contributed by atoms with Crippen LogP contribution in [0.2, 0.25) is 0 Å². The number of carbonyl (C=O) groups excluding carboxylic acids is 3. The van der Waals surface area contributed by atoms with Crippen LogP contribution < -0.4 is 20.3 Å². The number of thiophene rings is 1. The van der Waals surface area contributed by atoms with Gasteiger partial charge in [-0.2, -0.15) is 4.98 Å². The van der Waals surface area contributed by atoms with E-state index in [-0.39, 0.29) is 23.9 Å². The molecule has 0 aliphatic carbocycles. The molecule has 3 aromatic heterocycles. The predicted octanol–water partition coefficient (Wildman–Crippen LogP) is 4.39. The lowest BCUT2D eigenvalue weighted by Gasteiger charge is -2.28. The molecule has 5 heterocycles. The smallest absolute Gasteiger partial charge is 0.331 e. The van der Waals surface area contributed by atoms with Gasteiger partial charge in [0.05, 0.1) is 34.3 Å². The second-order valence-electron chi connectivity index (χ2n) is 9.07.